The molecule has 0 unspecified atom stereocenters. The standard InChI is InChI=1S/C35H30F2O8/c1-21(2)33(38)43-26-13-9-24(10-14-26)8-7-17-41-30-19-29(42-20-32(36)37)28(18-31(30)45-35(40)23(5)6)25-11-15-27(16-12-25)44-34(39)22(3)4/h7-16,18-20H,1,3,5,17H2,2,4,6H3/b8-7+. The molecule has 0 radical (unpaired) electrons. The third-order valence-electron chi connectivity index (χ3n) is 5.68. The zero-order chi connectivity index (χ0) is 33.1. The Hall–Kier alpha value is -5.77. The molecule has 0 saturated heterocycles. The van der Waals surface area contributed by atoms with Crippen LogP contribution in [0.1, 0.15) is 26.3 Å². The Kier molecular flexibility index (Phi) is 11.7. The number of hydrogen-bond donors (Lipinski definition) is 0. The van der Waals surface area contributed by atoms with E-state index in [4.69, 9.17) is 23.7 Å². The largest absolute Gasteiger partial charge is 0.485 e. The van der Waals surface area contributed by atoms with Gasteiger partial charge in [0.1, 0.15) is 23.9 Å². The third kappa shape index (κ3) is 10.2. The number of hydrogen-bond acceptors (Lipinski definition) is 8. The summed E-state index contributed by atoms with van der Waals surface area (Å²) in [5, 5.41) is 0. The van der Waals surface area contributed by atoms with Crippen molar-refractivity contribution < 1.29 is 46.8 Å². The zero-order valence-electron chi connectivity index (χ0n) is 24.9. The molecular formula is C35H30F2O8. The maximum atomic E-state index is 13.0. The van der Waals surface area contributed by atoms with E-state index in [1.807, 2.05) is 0 Å². The van der Waals surface area contributed by atoms with Gasteiger partial charge in [-0.25, -0.2) is 14.4 Å². The normalized spacial score (nSPS) is 10.4. The van der Waals surface area contributed by atoms with Gasteiger partial charge >= 0.3 is 24.0 Å². The van der Waals surface area contributed by atoms with Crippen molar-refractivity contribution in [2.24, 2.45) is 0 Å². The number of rotatable bonds is 13. The number of benzene rings is 3. The summed E-state index contributed by atoms with van der Waals surface area (Å²) in [6.07, 6.45) is 1.59. The zero-order valence-corrected chi connectivity index (χ0v) is 24.9. The molecule has 0 aliphatic heterocycles. The van der Waals surface area contributed by atoms with Crippen LogP contribution >= 0.6 is 0 Å². The summed E-state index contributed by atoms with van der Waals surface area (Å²) < 4.78 is 53.0. The third-order valence-corrected chi connectivity index (χ3v) is 5.68. The Labute approximate surface area is 259 Å². The molecule has 0 bridgehead atoms. The highest BCUT2D eigenvalue weighted by atomic mass is 19.3. The van der Waals surface area contributed by atoms with E-state index in [1.165, 1.54) is 38.1 Å². The summed E-state index contributed by atoms with van der Waals surface area (Å²) in [6.45, 7) is 15.2. The molecule has 0 fully saturated rings. The average molecular weight is 617 g/mol. The van der Waals surface area contributed by atoms with E-state index >= 15 is 0 Å². The van der Waals surface area contributed by atoms with Gasteiger partial charge in [-0.15, -0.1) is 0 Å². The van der Waals surface area contributed by atoms with Crippen LogP contribution in [0.15, 0.2) is 116 Å². The number of halogens is 2. The molecule has 0 saturated carbocycles. The topological polar surface area (TPSA) is 97.4 Å². The molecule has 3 aromatic rings. The summed E-state index contributed by atoms with van der Waals surface area (Å²) in [5.41, 5.74) is 2.10. The van der Waals surface area contributed by atoms with Crippen LogP contribution in [0.3, 0.4) is 0 Å². The molecule has 0 amide bonds. The average Bonchev–Trinajstić information content (AvgIpc) is 2.99. The van der Waals surface area contributed by atoms with Crippen molar-refractivity contribution >= 4 is 24.0 Å². The molecule has 8 nitrogen and oxygen atoms in total. The van der Waals surface area contributed by atoms with Crippen LogP contribution in [0.5, 0.6) is 28.7 Å². The predicted molar refractivity (Wildman–Crippen MR) is 165 cm³/mol. The number of esters is 3. The van der Waals surface area contributed by atoms with Crippen molar-refractivity contribution in [3.05, 3.63) is 121 Å². The van der Waals surface area contributed by atoms with Gasteiger partial charge in [-0.1, -0.05) is 50.1 Å². The molecule has 0 aromatic heterocycles. The summed E-state index contributed by atoms with van der Waals surface area (Å²) in [6, 6.07) is 15.5. The molecule has 3 aromatic carbocycles. The highest BCUT2D eigenvalue weighted by molar-refractivity contribution is 5.90. The van der Waals surface area contributed by atoms with Crippen molar-refractivity contribution in [2.45, 2.75) is 20.8 Å². The van der Waals surface area contributed by atoms with E-state index in [2.05, 4.69) is 19.7 Å². The molecule has 0 N–H and O–H groups in total. The molecule has 3 rings (SSSR count). The fourth-order valence-corrected chi connectivity index (χ4v) is 3.41. The lowest BCUT2D eigenvalue weighted by Gasteiger charge is -2.16. The van der Waals surface area contributed by atoms with E-state index in [0.29, 0.717) is 11.3 Å². The second-order valence-corrected chi connectivity index (χ2v) is 9.64. The van der Waals surface area contributed by atoms with E-state index in [-0.39, 0.29) is 58.1 Å². The smallest absolute Gasteiger partial charge is 0.338 e. The van der Waals surface area contributed by atoms with Crippen LogP contribution in [0.2, 0.25) is 0 Å². The van der Waals surface area contributed by atoms with Crippen molar-refractivity contribution in [1.29, 1.82) is 0 Å². The predicted octanol–water partition coefficient (Wildman–Crippen LogP) is 8.01. The summed E-state index contributed by atoms with van der Waals surface area (Å²) in [4.78, 5) is 36.0. The fraction of sp³-hybridized carbons (Fsp3) is 0.114. The Bertz CT molecular complexity index is 1680. The van der Waals surface area contributed by atoms with Gasteiger partial charge in [-0.3, -0.25) is 0 Å². The van der Waals surface area contributed by atoms with Gasteiger partial charge in [0.25, 0.3) is 0 Å². The first kappa shape index (κ1) is 33.7. The van der Waals surface area contributed by atoms with Crippen LogP contribution in [0.4, 0.5) is 8.78 Å². The van der Waals surface area contributed by atoms with E-state index in [0.717, 1.165) is 5.56 Å². The number of carbonyl (C=O) groups is 3. The maximum Gasteiger partial charge on any atom is 0.338 e. The SMILES string of the molecule is C=C(C)C(=O)Oc1ccc(/C=C/COc2cc(OC=C(F)F)c(-c3ccc(OC(=O)C(=C)C)cc3)cc2OC(=O)C(=C)C)cc1. The Balaban J connectivity index is 1.91. The Morgan fingerprint density at radius 2 is 1.20 bits per heavy atom. The molecule has 0 atom stereocenters. The quantitative estimate of drug-likeness (QED) is 0.0825. The van der Waals surface area contributed by atoms with Gasteiger partial charge in [0.15, 0.2) is 17.8 Å². The van der Waals surface area contributed by atoms with Crippen LogP contribution < -0.4 is 23.7 Å². The number of carbonyl (C=O) groups excluding carboxylic acids is 3. The highest BCUT2D eigenvalue weighted by Crippen LogP contribution is 2.41. The molecule has 10 heteroatoms. The second-order valence-electron chi connectivity index (χ2n) is 9.64. The lowest BCUT2D eigenvalue weighted by Crippen LogP contribution is -2.10. The molecule has 232 valence electrons. The van der Waals surface area contributed by atoms with Crippen LogP contribution in [0, 0.1) is 0 Å². The first-order valence-corrected chi connectivity index (χ1v) is 13.3. The molecule has 0 spiro atoms. The van der Waals surface area contributed by atoms with Crippen LogP contribution in [-0.2, 0) is 14.4 Å². The molecule has 45 heavy (non-hydrogen) atoms. The highest BCUT2D eigenvalue weighted by Gasteiger charge is 2.19. The monoisotopic (exact) mass is 616 g/mol. The van der Waals surface area contributed by atoms with Crippen molar-refractivity contribution in [3.63, 3.8) is 0 Å². The first-order valence-electron chi connectivity index (χ1n) is 13.3. The number of ether oxygens (including phenoxy) is 5. The summed E-state index contributed by atoms with van der Waals surface area (Å²) >= 11 is 0. The summed E-state index contributed by atoms with van der Waals surface area (Å²) in [5.74, 6) is -1.33. The molecule has 0 aliphatic rings. The second kappa shape index (κ2) is 15.6. The first-order chi connectivity index (χ1) is 21.3. The van der Waals surface area contributed by atoms with Crippen LogP contribution in [-0.4, -0.2) is 24.5 Å². The van der Waals surface area contributed by atoms with Crippen molar-refractivity contribution in [2.75, 3.05) is 6.61 Å². The summed E-state index contributed by atoms with van der Waals surface area (Å²) in [7, 11) is 0. The van der Waals surface area contributed by atoms with Crippen LogP contribution in [0.25, 0.3) is 17.2 Å². The van der Waals surface area contributed by atoms with E-state index < -0.39 is 24.0 Å². The lowest BCUT2D eigenvalue weighted by atomic mass is 10.0. The Morgan fingerprint density at radius 1 is 0.689 bits per heavy atom. The minimum Gasteiger partial charge on any atom is -0.485 e. The molecule has 0 heterocycles. The van der Waals surface area contributed by atoms with E-state index in [1.54, 1.807) is 55.5 Å². The van der Waals surface area contributed by atoms with Gasteiger partial charge in [0, 0.05) is 28.3 Å². The van der Waals surface area contributed by atoms with E-state index in [9.17, 15) is 23.2 Å². The minimum absolute atomic E-state index is 0.0150. The van der Waals surface area contributed by atoms with Crippen molar-refractivity contribution in [1.82, 2.24) is 0 Å². The maximum absolute atomic E-state index is 13.0. The van der Waals surface area contributed by atoms with Gasteiger partial charge in [0.2, 0.25) is 0 Å². The fourth-order valence-electron chi connectivity index (χ4n) is 3.41. The lowest BCUT2D eigenvalue weighted by molar-refractivity contribution is -0.131. The van der Waals surface area contributed by atoms with Crippen molar-refractivity contribution in [3.8, 4) is 39.9 Å². The molecule has 0 aliphatic carbocycles. The van der Waals surface area contributed by atoms with Gasteiger partial charge in [-0.2, -0.15) is 8.78 Å². The minimum atomic E-state index is -2.08. The van der Waals surface area contributed by atoms with Gasteiger partial charge in [0.05, 0.1) is 0 Å². The van der Waals surface area contributed by atoms with Gasteiger partial charge < -0.3 is 23.7 Å². The Morgan fingerprint density at radius 3 is 1.71 bits per heavy atom. The molecular weight excluding hydrogens is 586 g/mol. The van der Waals surface area contributed by atoms with Gasteiger partial charge in [-0.05, 0) is 68.3 Å².